The van der Waals surface area contributed by atoms with Gasteiger partial charge in [0.05, 0.1) is 12.0 Å². The van der Waals surface area contributed by atoms with Crippen molar-refractivity contribution < 1.29 is 14.3 Å². The average molecular weight is 529 g/mol. The number of thioether (sulfide) groups is 1. The lowest BCUT2D eigenvalue weighted by molar-refractivity contribution is -0.129. The summed E-state index contributed by atoms with van der Waals surface area (Å²) in [5.41, 5.74) is 4.11. The Balaban J connectivity index is 1.37. The highest BCUT2D eigenvalue weighted by atomic mass is 32.2. The van der Waals surface area contributed by atoms with Gasteiger partial charge in [0, 0.05) is 11.7 Å². The zero-order valence-corrected chi connectivity index (χ0v) is 23.2. The van der Waals surface area contributed by atoms with Gasteiger partial charge in [-0.25, -0.2) is 0 Å². The lowest BCUT2D eigenvalue weighted by atomic mass is 9.85. The van der Waals surface area contributed by atoms with Crippen LogP contribution in [0.3, 0.4) is 0 Å². The van der Waals surface area contributed by atoms with Crippen molar-refractivity contribution in [3.05, 3.63) is 94.4 Å². The second-order valence-corrected chi connectivity index (χ2v) is 11.3. The van der Waals surface area contributed by atoms with Crippen LogP contribution in [-0.4, -0.2) is 29.5 Å². The van der Waals surface area contributed by atoms with Crippen molar-refractivity contribution >= 4 is 29.4 Å². The summed E-state index contributed by atoms with van der Waals surface area (Å²) in [6.07, 6.45) is 6.60. The second kappa shape index (κ2) is 12.0. The summed E-state index contributed by atoms with van der Waals surface area (Å²) in [6.45, 7) is 4.82. The molecule has 5 rings (SSSR count). The number of nitrogens with one attached hydrogen (secondary N) is 1. The van der Waals surface area contributed by atoms with Crippen molar-refractivity contribution in [3.8, 4) is 11.5 Å². The van der Waals surface area contributed by atoms with Crippen LogP contribution in [0, 0.1) is 12.8 Å². The molecular formula is C32H36N2O3S. The summed E-state index contributed by atoms with van der Waals surface area (Å²) in [4.78, 5) is 16.6. The highest BCUT2D eigenvalue weighted by molar-refractivity contribution is 8.05. The van der Waals surface area contributed by atoms with Crippen molar-refractivity contribution in [1.29, 1.82) is 0 Å². The molecule has 1 amide bonds. The van der Waals surface area contributed by atoms with Crippen LogP contribution in [0.5, 0.6) is 11.5 Å². The third kappa shape index (κ3) is 6.02. The van der Waals surface area contributed by atoms with E-state index in [2.05, 4.69) is 54.4 Å². The minimum absolute atomic E-state index is 0.0981. The number of aryl methyl sites for hydroxylation is 1. The Bertz CT molecular complexity index is 1290. The summed E-state index contributed by atoms with van der Waals surface area (Å²) in [5.74, 6) is 1.92. The number of carbonyl (C=O) groups is 1. The molecule has 0 spiro atoms. The van der Waals surface area contributed by atoms with E-state index in [0.717, 1.165) is 34.6 Å². The number of amides is 1. The van der Waals surface area contributed by atoms with Crippen LogP contribution in [-0.2, 0) is 11.4 Å². The first-order chi connectivity index (χ1) is 18.5. The van der Waals surface area contributed by atoms with Gasteiger partial charge in [0.1, 0.15) is 6.61 Å². The van der Waals surface area contributed by atoms with E-state index in [-0.39, 0.29) is 17.4 Å². The molecule has 0 radical (unpaired) electrons. The van der Waals surface area contributed by atoms with Crippen molar-refractivity contribution in [2.45, 2.75) is 57.7 Å². The predicted octanol–water partition coefficient (Wildman–Crippen LogP) is 7.47. The average Bonchev–Trinajstić information content (AvgIpc) is 3.22. The minimum atomic E-state index is -0.138. The van der Waals surface area contributed by atoms with Crippen LogP contribution in [0.15, 0.2) is 77.7 Å². The fourth-order valence-electron chi connectivity index (χ4n) is 5.37. The Kier molecular flexibility index (Phi) is 8.28. The number of ether oxygens (including phenoxy) is 2. The molecule has 2 aliphatic rings. The first-order valence-electron chi connectivity index (χ1n) is 13.4. The molecule has 198 valence electrons. The molecule has 1 aliphatic carbocycles. The fourth-order valence-corrected chi connectivity index (χ4v) is 6.59. The molecule has 1 unspecified atom stereocenters. The standard InChI is InChI=1S/C32H36N2O3S/c1-22-10-9-12-25(18-22)21-37-28-17-16-24(19-29(28)36-3)20-30-31(35)34(27-15-8-7-11-23(27)2)32(38-30)33-26-13-5-4-6-14-26/h4-6,9-10,12-14,16-20,23,27,32-33H,7-8,11,15,21H2,1-3H3/b30-20-/t23-,27+,32?/m1/s1. The summed E-state index contributed by atoms with van der Waals surface area (Å²) >= 11 is 1.59. The third-order valence-corrected chi connectivity index (χ3v) is 8.50. The van der Waals surface area contributed by atoms with Gasteiger partial charge in [-0.15, -0.1) is 0 Å². The predicted molar refractivity (Wildman–Crippen MR) is 156 cm³/mol. The Morgan fingerprint density at radius 3 is 2.58 bits per heavy atom. The van der Waals surface area contributed by atoms with Gasteiger partial charge in [-0.1, -0.05) is 85.6 Å². The van der Waals surface area contributed by atoms with Crippen molar-refractivity contribution in [3.63, 3.8) is 0 Å². The topological polar surface area (TPSA) is 50.8 Å². The normalized spacial score (nSPS) is 22.5. The molecule has 0 bridgehead atoms. The first kappa shape index (κ1) is 26.2. The van der Waals surface area contributed by atoms with Crippen LogP contribution < -0.4 is 14.8 Å². The van der Waals surface area contributed by atoms with Gasteiger partial charge >= 0.3 is 0 Å². The van der Waals surface area contributed by atoms with Crippen molar-refractivity contribution in [1.82, 2.24) is 4.90 Å². The smallest absolute Gasteiger partial charge is 0.262 e. The number of carbonyl (C=O) groups excluding carboxylic acids is 1. The molecule has 1 aliphatic heterocycles. The van der Waals surface area contributed by atoms with Gasteiger partial charge in [0.2, 0.25) is 0 Å². The lowest BCUT2D eigenvalue weighted by Gasteiger charge is -2.39. The van der Waals surface area contributed by atoms with Crippen LogP contribution >= 0.6 is 11.8 Å². The van der Waals surface area contributed by atoms with Crippen LogP contribution in [0.1, 0.15) is 49.3 Å². The van der Waals surface area contributed by atoms with E-state index >= 15 is 0 Å². The summed E-state index contributed by atoms with van der Waals surface area (Å²) in [7, 11) is 1.65. The van der Waals surface area contributed by atoms with E-state index in [4.69, 9.17) is 9.47 Å². The largest absolute Gasteiger partial charge is 0.493 e. The van der Waals surface area contributed by atoms with Crippen LogP contribution in [0.4, 0.5) is 5.69 Å². The molecule has 6 heteroatoms. The lowest BCUT2D eigenvalue weighted by Crippen LogP contribution is -2.48. The molecule has 1 N–H and O–H groups in total. The minimum Gasteiger partial charge on any atom is -0.493 e. The highest BCUT2D eigenvalue weighted by Gasteiger charge is 2.42. The summed E-state index contributed by atoms with van der Waals surface area (Å²) < 4.78 is 11.7. The van der Waals surface area contributed by atoms with E-state index in [1.54, 1.807) is 18.9 Å². The zero-order chi connectivity index (χ0) is 26.5. The summed E-state index contributed by atoms with van der Waals surface area (Å²) in [6, 6.07) is 24.5. The molecule has 2 fully saturated rings. The molecule has 1 saturated heterocycles. The molecule has 38 heavy (non-hydrogen) atoms. The van der Waals surface area contributed by atoms with Crippen LogP contribution in [0.25, 0.3) is 6.08 Å². The maximum atomic E-state index is 13.8. The molecule has 0 aromatic heterocycles. The molecule has 5 nitrogen and oxygen atoms in total. The van der Waals surface area contributed by atoms with E-state index in [1.165, 1.54) is 18.4 Å². The monoisotopic (exact) mass is 528 g/mol. The van der Waals surface area contributed by atoms with Crippen molar-refractivity contribution in [2.75, 3.05) is 12.4 Å². The molecule has 3 atom stereocenters. The Morgan fingerprint density at radius 1 is 1.00 bits per heavy atom. The van der Waals surface area contributed by atoms with E-state index < -0.39 is 0 Å². The maximum Gasteiger partial charge on any atom is 0.262 e. The number of benzene rings is 3. The second-order valence-electron chi connectivity index (χ2n) is 10.2. The SMILES string of the molecule is COc1cc(/C=C2\SC(Nc3ccccc3)N([C@H]3CCCC[C@H]3C)C2=O)ccc1OCc1cccc(C)c1. The Labute approximate surface area is 230 Å². The third-order valence-electron chi connectivity index (χ3n) is 7.39. The Hall–Kier alpha value is -3.38. The Morgan fingerprint density at radius 2 is 1.82 bits per heavy atom. The number of hydrogen-bond acceptors (Lipinski definition) is 5. The van der Waals surface area contributed by atoms with E-state index in [9.17, 15) is 4.79 Å². The molecule has 1 saturated carbocycles. The number of methoxy groups -OCH3 is 1. The number of para-hydroxylation sites is 1. The van der Waals surface area contributed by atoms with Gasteiger partial charge in [-0.3, -0.25) is 4.79 Å². The fraction of sp³-hybridized carbons (Fsp3) is 0.344. The van der Waals surface area contributed by atoms with Gasteiger partial charge < -0.3 is 19.7 Å². The van der Waals surface area contributed by atoms with Gasteiger partial charge in [0.15, 0.2) is 17.0 Å². The van der Waals surface area contributed by atoms with E-state index in [1.807, 2.05) is 48.5 Å². The number of hydrogen-bond donors (Lipinski definition) is 1. The van der Waals surface area contributed by atoms with Gasteiger partial charge in [-0.2, -0.15) is 0 Å². The number of rotatable bonds is 8. The molecular weight excluding hydrogens is 492 g/mol. The highest BCUT2D eigenvalue weighted by Crippen LogP contribution is 2.42. The quantitative estimate of drug-likeness (QED) is 0.307. The molecule has 3 aromatic rings. The number of anilines is 1. The first-order valence-corrected chi connectivity index (χ1v) is 14.3. The van der Waals surface area contributed by atoms with Crippen molar-refractivity contribution in [2.24, 2.45) is 5.92 Å². The molecule has 3 aromatic carbocycles. The maximum absolute atomic E-state index is 13.8. The summed E-state index contributed by atoms with van der Waals surface area (Å²) in [5, 5.41) is 3.61. The molecule has 1 heterocycles. The zero-order valence-electron chi connectivity index (χ0n) is 22.4. The van der Waals surface area contributed by atoms with Gasteiger partial charge in [-0.05, 0) is 67.2 Å². The number of nitrogens with zero attached hydrogens (tertiary/aromatic N) is 1. The van der Waals surface area contributed by atoms with E-state index in [0.29, 0.717) is 24.0 Å². The van der Waals surface area contributed by atoms with Gasteiger partial charge in [0.25, 0.3) is 5.91 Å². The van der Waals surface area contributed by atoms with Crippen LogP contribution in [0.2, 0.25) is 0 Å².